The van der Waals surface area contributed by atoms with Gasteiger partial charge in [0.2, 0.25) is 5.91 Å². The smallest absolute Gasteiger partial charge is 0.337 e. The monoisotopic (exact) mass is 469 g/mol. The molecule has 0 saturated carbocycles. The second-order valence-corrected chi connectivity index (χ2v) is 8.70. The summed E-state index contributed by atoms with van der Waals surface area (Å²) in [5.41, 5.74) is 1.25. The number of anilines is 1. The molecule has 3 rings (SSSR count). The van der Waals surface area contributed by atoms with Crippen molar-refractivity contribution in [2.24, 2.45) is 0 Å². The third-order valence-corrected chi connectivity index (χ3v) is 6.10. The second kappa shape index (κ2) is 11.5. The van der Waals surface area contributed by atoms with Gasteiger partial charge >= 0.3 is 5.97 Å². The molecular formula is C23H23N3O4S2. The van der Waals surface area contributed by atoms with Crippen molar-refractivity contribution in [2.75, 3.05) is 19.0 Å². The molecule has 1 N–H and O–H groups in total. The van der Waals surface area contributed by atoms with Crippen LogP contribution in [-0.2, 0) is 14.3 Å². The molecule has 1 fully saturated rings. The number of carbonyl (C=O) groups is 3. The van der Waals surface area contributed by atoms with Crippen molar-refractivity contribution in [2.45, 2.75) is 25.7 Å². The predicted molar refractivity (Wildman–Crippen MR) is 129 cm³/mol. The predicted octanol–water partition coefficient (Wildman–Crippen LogP) is 4.27. The summed E-state index contributed by atoms with van der Waals surface area (Å²) in [6.07, 6.45) is 6.07. The fourth-order valence-electron chi connectivity index (χ4n) is 3.05. The van der Waals surface area contributed by atoms with Gasteiger partial charge in [-0.15, -0.1) is 0 Å². The maximum Gasteiger partial charge on any atom is 0.337 e. The third kappa shape index (κ3) is 6.48. The highest BCUT2D eigenvalue weighted by atomic mass is 32.2. The number of rotatable bonds is 9. The molecule has 0 bridgehead atoms. The van der Waals surface area contributed by atoms with Crippen LogP contribution in [0.3, 0.4) is 0 Å². The summed E-state index contributed by atoms with van der Waals surface area (Å²) < 4.78 is 5.22. The summed E-state index contributed by atoms with van der Waals surface area (Å²) in [5.74, 6) is -0.0562. The van der Waals surface area contributed by atoms with Crippen LogP contribution in [0.1, 0.15) is 41.6 Å². The lowest BCUT2D eigenvalue weighted by Crippen LogP contribution is -2.29. The summed E-state index contributed by atoms with van der Waals surface area (Å²) in [7, 11) is 1.33. The molecule has 2 heterocycles. The number of nitrogens with zero attached hydrogens (tertiary/aromatic N) is 2. The first kappa shape index (κ1) is 23.6. The molecule has 1 aromatic carbocycles. The Morgan fingerprint density at radius 1 is 1.16 bits per heavy atom. The van der Waals surface area contributed by atoms with Gasteiger partial charge in [-0.25, -0.2) is 9.78 Å². The van der Waals surface area contributed by atoms with E-state index in [0.29, 0.717) is 33.6 Å². The SMILES string of the molecule is COC(=O)c1ccc(/C=C2\SC(=S)N(CCCCCC(=O)Nc3ccccn3)C2=O)cc1. The third-order valence-electron chi connectivity index (χ3n) is 4.72. The molecule has 166 valence electrons. The Morgan fingerprint density at radius 2 is 1.94 bits per heavy atom. The average molecular weight is 470 g/mol. The van der Waals surface area contributed by atoms with E-state index in [0.717, 1.165) is 24.8 Å². The first-order chi connectivity index (χ1) is 15.5. The van der Waals surface area contributed by atoms with Gasteiger partial charge in [0.15, 0.2) is 0 Å². The van der Waals surface area contributed by atoms with Crippen LogP contribution in [0.15, 0.2) is 53.6 Å². The van der Waals surface area contributed by atoms with Gasteiger partial charge in [-0.2, -0.15) is 0 Å². The number of hydrogen-bond donors (Lipinski definition) is 1. The van der Waals surface area contributed by atoms with Crippen LogP contribution in [0.25, 0.3) is 6.08 Å². The zero-order chi connectivity index (χ0) is 22.9. The van der Waals surface area contributed by atoms with Crippen molar-refractivity contribution in [1.29, 1.82) is 0 Å². The Balaban J connectivity index is 1.44. The highest BCUT2D eigenvalue weighted by Crippen LogP contribution is 2.32. The molecule has 0 atom stereocenters. The molecule has 32 heavy (non-hydrogen) atoms. The van der Waals surface area contributed by atoms with E-state index >= 15 is 0 Å². The summed E-state index contributed by atoms with van der Waals surface area (Å²) in [5, 5.41) is 2.76. The molecule has 2 amide bonds. The highest BCUT2D eigenvalue weighted by Gasteiger charge is 2.31. The Kier molecular flexibility index (Phi) is 8.52. The molecule has 0 spiro atoms. The number of thiocarbonyl (C=S) groups is 1. The van der Waals surface area contributed by atoms with Crippen molar-refractivity contribution in [3.63, 3.8) is 0 Å². The number of benzene rings is 1. The Bertz CT molecular complexity index is 1020. The van der Waals surface area contributed by atoms with Gasteiger partial charge in [0.1, 0.15) is 10.1 Å². The van der Waals surface area contributed by atoms with Crippen LogP contribution in [0.4, 0.5) is 5.82 Å². The molecule has 1 aromatic heterocycles. The van der Waals surface area contributed by atoms with Gasteiger partial charge in [0.05, 0.1) is 17.6 Å². The topological polar surface area (TPSA) is 88.6 Å². The van der Waals surface area contributed by atoms with E-state index in [1.54, 1.807) is 53.6 Å². The molecule has 1 aliphatic rings. The quantitative estimate of drug-likeness (QED) is 0.254. The molecule has 7 nitrogen and oxygen atoms in total. The van der Waals surface area contributed by atoms with Crippen LogP contribution in [0.2, 0.25) is 0 Å². The maximum absolute atomic E-state index is 12.7. The van der Waals surface area contributed by atoms with Crippen LogP contribution >= 0.6 is 24.0 Å². The molecule has 0 unspecified atom stereocenters. The number of methoxy groups -OCH3 is 1. The van der Waals surface area contributed by atoms with Crippen molar-refractivity contribution in [1.82, 2.24) is 9.88 Å². The average Bonchev–Trinajstić information content (AvgIpc) is 3.06. The van der Waals surface area contributed by atoms with Crippen molar-refractivity contribution < 1.29 is 19.1 Å². The van der Waals surface area contributed by atoms with E-state index in [-0.39, 0.29) is 11.8 Å². The molecule has 1 saturated heterocycles. The Morgan fingerprint density at radius 3 is 2.62 bits per heavy atom. The summed E-state index contributed by atoms with van der Waals surface area (Å²) in [6, 6.07) is 12.2. The van der Waals surface area contributed by atoms with E-state index in [4.69, 9.17) is 12.2 Å². The van der Waals surface area contributed by atoms with Crippen molar-refractivity contribution in [3.8, 4) is 0 Å². The number of thioether (sulfide) groups is 1. The van der Waals surface area contributed by atoms with E-state index in [2.05, 4.69) is 15.0 Å². The van der Waals surface area contributed by atoms with Crippen LogP contribution in [0, 0.1) is 0 Å². The van der Waals surface area contributed by atoms with Gasteiger partial charge in [0.25, 0.3) is 5.91 Å². The number of aromatic nitrogens is 1. The van der Waals surface area contributed by atoms with Crippen molar-refractivity contribution >= 4 is 58.0 Å². The first-order valence-corrected chi connectivity index (χ1v) is 11.3. The van der Waals surface area contributed by atoms with Gasteiger partial charge in [0, 0.05) is 19.2 Å². The van der Waals surface area contributed by atoms with Crippen LogP contribution in [0.5, 0.6) is 0 Å². The minimum Gasteiger partial charge on any atom is -0.465 e. The summed E-state index contributed by atoms with van der Waals surface area (Å²) in [4.78, 5) is 42.4. The second-order valence-electron chi connectivity index (χ2n) is 7.02. The normalized spacial score (nSPS) is 14.7. The maximum atomic E-state index is 12.7. The van der Waals surface area contributed by atoms with Crippen LogP contribution in [-0.4, -0.2) is 45.6 Å². The zero-order valence-corrected chi connectivity index (χ0v) is 19.2. The number of esters is 1. The molecule has 1 aliphatic heterocycles. The van der Waals surface area contributed by atoms with Gasteiger partial charge in [-0.05, 0) is 48.7 Å². The number of hydrogen-bond acceptors (Lipinski definition) is 7. The van der Waals surface area contributed by atoms with E-state index in [1.165, 1.54) is 18.9 Å². The largest absolute Gasteiger partial charge is 0.465 e. The lowest BCUT2D eigenvalue weighted by Gasteiger charge is -2.14. The molecule has 9 heteroatoms. The van der Waals surface area contributed by atoms with E-state index in [9.17, 15) is 14.4 Å². The fraction of sp³-hybridized carbons (Fsp3) is 0.261. The number of pyridine rings is 1. The molecular weight excluding hydrogens is 446 g/mol. The molecule has 0 aliphatic carbocycles. The van der Waals surface area contributed by atoms with Crippen LogP contribution < -0.4 is 5.32 Å². The van der Waals surface area contributed by atoms with Gasteiger partial charge in [-0.3, -0.25) is 14.5 Å². The minimum atomic E-state index is -0.405. The standard InChI is InChI=1S/C23H23N3O4S2/c1-30-22(29)17-11-9-16(10-12-17)15-18-21(28)26(23(31)32-18)14-6-2-3-8-20(27)25-19-7-4-5-13-24-19/h4-5,7,9-13,15H,2-3,6,8,14H2,1H3,(H,24,25,27)/b18-15-. The Labute approximate surface area is 196 Å². The lowest BCUT2D eigenvalue weighted by molar-refractivity contribution is -0.122. The summed E-state index contributed by atoms with van der Waals surface area (Å²) in [6.45, 7) is 0.519. The first-order valence-electron chi connectivity index (χ1n) is 10.1. The molecule has 0 radical (unpaired) electrons. The highest BCUT2D eigenvalue weighted by molar-refractivity contribution is 8.26. The Hall–Kier alpha value is -3.04. The number of nitrogens with one attached hydrogen (secondary N) is 1. The number of amides is 2. The van der Waals surface area contributed by atoms with E-state index in [1.807, 2.05) is 6.07 Å². The fourth-order valence-corrected chi connectivity index (χ4v) is 4.36. The number of ether oxygens (including phenoxy) is 1. The van der Waals surface area contributed by atoms with E-state index < -0.39 is 5.97 Å². The zero-order valence-electron chi connectivity index (χ0n) is 17.6. The number of carbonyl (C=O) groups excluding carboxylic acids is 3. The number of unbranched alkanes of at least 4 members (excludes halogenated alkanes) is 2. The molecule has 2 aromatic rings. The van der Waals surface area contributed by atoms with Crippen molar-refractivity contribution in [3.05, 3.63) is 64.7 Å². The van der Waals surface area contributed by atoms with Gasteiger partial charge in [-0.1, -0.05) is 48.6 Å². The minimum absolute atomic E-state index is 0.0736. The summed E-state index contributed by atoms with van der Waals surface area (Å²) >= 11 is 6.64. The lowest BCUT2D eigenvalue weighted by atomic mass is 10.1. The van der Waals surface area contributed by atoms with Gasteiger partial charge < -0.3 is 10.1 Å².